The molecule has 0 saturated carbocycles. The standard InChI is InChI=1S/C11H12ClN3OS/c1-6-4-9(11(16)7(2)12)8(3)15(6)10-5-13-14-17-10/h4-5,7H,1-3H3. The predicted octanol–water partition coefficient (Wildman–Crippen LogP) is 2.76. The van der Waals surface area contributed by atoms with Crippen LogP contribution in [-0.4, -0.2) is 25.3 Å². The SMILES string of the molecule is Cc1cc(C(=O)C(C)Cl)c(C)n1-c1cnns1. The fraction of sp³-hybridized carbons (Fsp3) is 0.364. The molecule has 0 aliphatic rings. The van der Waals surface area contributed by atoms with Gasteiger partial charge in [-0.05, 0) is 26.8 Å². The number of hydrogen-bond donors (Lipinski definition) is 0. The van der Waals surface area contributed by atoms with Crippen LogP contribution in [0.4, 0.5) is 0 Å². The molecular formula is C11H12ClN3OS. The third kappa shape index (κ3) is 2.12. The molecule has 2 aromatic rings. The Morgan fingerprint density at radius 2 is 2.24 bits per heavy atom. The van der Waals surface area contributed by atoms with Gasteiger partial charge in [-0.3, -0.25) is 4.79 Å². The van der Waals surface area contributed by atoms with Gasteiger partial charge in [-0.1, -0.05) is 4.49 Å². The van der Waals surface area contributed by atoms with Crippen molar-refractivity contribution >= 4 is 28.9 Å². The number of alkyl halides is 1. The minimum absolute atomic E-state index is 0.0523. The molecule has 1 unspecified atom stereocenters. The molecule has 0 aromatic carbocycles. The second-order valence-electron chi connectivity index (χ2n) is 3.86. The third-order valence-electron chi connectivity index (χ3n) is 2.63. The Kier molecular flexibility index (Phi) is 3.31. The first-order valence-electron chi connectivity index (χ1n) is 5.17. The zero-order valence-corrected chi connectivity index (χ0v) is 11.3. The Hall–Kier alpha value is -1.20. The molecule has 2 aromatic heterocycles. The lowest BCUT2D eigenvalue weighted by atomic mass is 10.1. The number of aryl methyl sites for hydroxylation is 1. The van der Waals surface area contributed by atoms with E-state index in [9.17, 15) is 4.79 Å². The molecule has 6 heteroatoms. The van der Waals surface area contributed by atoms with E-state index in [1.54, 1.807) is 13.1 Å². The van der Waals surface area contributed by atoms with Gasteiger partial charge in [-0.2, -0.15) is 0 Å². The van der Waals surface area contributed by atoms with Gasteiger partial charge in [-0.15, -0.1) is 16.7 Å². The second-order valence-corrected chi connectivity index (χ2v) is 5.28. The number of Topliss-reactive ketones (excluding diaryl/α,β-unsaturated/α-hetero) is 1. The van der Waals surface area contributed by atoms with Gasteiger partial charge in [0.2, 0.25) is 0 Å². The minimum atomic E-state index is -0.511. The molecule has 17 heavy (non-hydrogen) atoms. The number of hydrogen-bond acceptors (Lipinski definition) is 4. The van der Waals surface area contributed by atoms with Crippen molar-refractivity contribution in [2.75, 3.05) is 0 Å². The molecule has 0 fully saturated rings. The quantitative estimate of drug-likeness (QED) is 0.636. The summed E-state index contributed by atoms with van der Waals surface area (Å²) in [6.07, 6.45) is 1.68. The lowest BCUT2D eigenvalue weighted by Gasteiger charge is -2.05. The molecule has 1 atom stereocenters. The molecule has 0 aliphatic carbocycles. The Balaban J connectivity index is 2.54. The van der Waals surface area contributed by atoms with E-state index in [0.717, 1.165) is 16.4 Å². The summed E-state index contributed by atoms with van der Waals surface area (Å²) in [7, 11) is 0. The van der Waals surface area contributed by atoms with Crippen molar-refractivity contribution in [2.45, 2.75) is 26.1 Å². The maximum Gasteiger partial charge on any atom is 0.182 e. The van der Waals surface area contributed by atoms with E-state index in [1.807, 2.05) is 24.5 Å². The average molecular weight is 270 g/mol. The number of halogens is 1. The van der Waals surface area contributed by atoms with Crippen LogP contribution < -0.4 is 0 Å². The van der Waals surface area contributed by atoms with E-state index in [1.165, 1.54) is 11.5 Å². The highest BCUT2D eigenvalue weighted by Gasteiger charge is 2.20. The number of ketones is 1. The van der Waals surface area contributed by atoms with Crippen LogP contribution in [0.3, 0.4) is 0 Å². The first-order chi connectivity index (χ1) is 8.02. The van der Waals surface area contributed by atoms with Crippen LogP contribution in [-0.2, 0) is 0 Å². The molecule has 0 saturated heterocycles. The molecule has 0 bridgehead atoms. The van der Waals surface area contributed by atoms with Crippen molar-refractivity contribution in [3.05, 3.63) is 29.2 Å². The summed E-state index contributed by atoms with van der Waals surface area (Å²) in [5.41, 5.74) is 2.53. The number of aromatic nitrogens is 3. The summed E-state index contributed by atoms with van der Waals surface area (Å²) >= 11 is 7.14. The van der Waals surface area contributed by atoms with E-state index >= 15 is 0 Å². The summed E-state index contributed by atoms with van der Waals surface area (Å²) < 4.78 is 5.80. The Morgan fingerprint density at radius 1 is 1.53 bits per heavy atom. The second kappa shape index (κ2) is 4.58. The van der Waals surface area contributed by atoms with E-state index in [4.69, 9.17) is 11.6 Å². The largest absolute Gasteiger partial charge is 0.307 e. The summed E-state index contributed by atoms with van der Waals surface area (Å²) in [6.45, 7) is 5.53. The van der Waals surface area contributed by atoms with Crippen LogP contribution >= 0.6 is 23.1 Å². The van der Waals surface area contributed by atoms with E-state index in [-0.39, 0.29) is 5.78 Å². The number of nitrogens with zero attached hydrogens (tertiary/aromatic N) is 3. The van der Waals surface area contributed by atoms with Crippen molar-refractivity contribution < 1.29 is 4.79 Å². The highest BCUT2D eigenvalue weighted by molar-refractivity contribution is 7.08. The van der Waals surface area contributed by atoms with Crippen molar-refractivity contribution in [1.82, 2.24) is 14.2 Å². The molecular weight excluding hydrogens is 258 g/mol. The number of rotatable bonds is 3. The summed E-state index contributed by atoms with van der Waals surface area (Å²) in [4.78, 5) is 11.9. The maximum absolute atomic E-state index is 11.9. The zero-order valence-electron chi connectivity index (χ0n) is 9.77. The van der Waals surface area contributed by atoms with Crippen molar-refractivity contribution in [3.63, 3.8) is 0 Å². The summed E-state index contributed by atoms with van der Waals surface area (Å²) in [6, 6.07) is 1.86. The highest BCUT2D eigenvalue weighted by atomic mass is 35.5. The van der Waals surface area contributed by atoms with Gasteiger partial charge in [0.15, 0.2) is 5.78 Å². The lowest BCUT2D eigenvalue weighted by molar-refractivity contribution is 0.0991. The molecule has 4 nitrogen and oxygen atoms in total. The van der Waals surface area contributed by atoms with E-state index in [0.29, 0.717) is 5.56 Å². The molecule has 0 amide bonds. The maximum atomic E-state index is 11.9. The van der Waals surface area contributed by atoms with Crippen LogP contribution in [0.15, 0.2) is 12.3 Å². The van der Waals surface area contributed by atoms with Gasteiger partial charge in [-0.25, -0.2) is 0 Å². The van der Waals surface area contributed by atoms with Crippen LogP contribution in [0.25, 0.3) is 5.00 Å². The Labute approximate surface area is 108 Å². The van der Waals surface area contributed by atoms with Crippen LogP contribution in [0, 0.1) is 13.8 Å². The zero-order chi connectivity index (χ0) is 12.6. The molecule has 0 aliphatic heterocycles. The van der Waals surface area contributed by atoms with Crippen molar-refractivity contribution in [3.8, 4) is 5.00 Å². The van der Waals surface area contributed by atoms with Gasteiger partial charge >= 0.3 is 0 Å². The molecule has 0 N–H and O–H groups in total. The summed E-state index contributed by atoms with van der Waals surface area (Å²) in [5.74, 6) is -0.0523. The highest BCUT2D eigenvalue weighted by Crippen LogP contribution is 2.23. The number of carbonyl (C=O) groups is 1. The lowest BCUT2D eigenvalue weighted by Crippen LogP contribution is -2.11. The fourth-order valence-electron chi connectivity index (χ4n) is 1.83. The summed E-state index contributed by atoms with van der Waals surface area (Å²) in [5, 5.41) is 4.20. The van der Waals surface area contributed by atoms with Gasteiger partial charge in [0.05, 0.1) is 11.6 Å². The van der Waals surface area contributed by atoms with Crippen LogP contribution in [0.5, 0.6) is 0 Å². The topological polar surface area (TPSA) is 47.8 Å². The van der Waals surface area contributed by atoms with E-state index < -0.39 is 5.38 Å². The Bertz CT molecular complexity index is 545. The van der Waals surface area contributed by atoms with Gasteiger partial charge in [0.1, 0.15) is 5.00 Å². The minimum Gasteiger partial charge on any atom is -0.307 e. The predicted molar refractivity (Wildman–Crippen MR) is 68.4 cm³/mol. The average Bonchev–Trinajstić information content (AvgIpc) is 2.85. The first kappa shape index (κ1) is 12.3. The van der Waals surface area contributed by atoms with Crippen LogP contribution in [0.2, 0.25) is 0 Å². The molecule has 2 rings (SSSR count). The molecule has 2 heterocycles. The fourth-order valence-corrected chi connectivity index (χ4v) is 2.58. The molecule has 90 valence electrons. The van der Waals surface area contributed by atoms with Gasteiger partial charge < -0.3 is 4.57 Å². The molecule has 0 radical (unpaired) electrons. The van der Waals surface area contributed by atoms with E-state index in [2.05, 4.69) is 9.59 Å². The Morgan fingerprint density at radius 3 is 2.76 bits per heavy atom. The van der Waals surface area contributed by atoms with Gasteiger partial charge in [0, 0.05) is 28.5 Å². The van der Waals surface area contributed by atoms with Crippen molar-refractivity contribution in [1.29, 1.82) is 0 Å². The van der Waals surface area contributed by atoms with Crippen molar-refractivity contribution in [2.24, 2.45) is 0 Å². The van der Waals surface area contributed by atoms with Crippen LogP contribution in [0.1, 0.15) is 28.7 Å². The molecule has 0 spiro atoms. The smallest absolute Gasteiger partial charge is 0.182 e. The third-order valence-corrected chi connectivity index (χ3v) is 3.48. The first-order valence-corrected chi connectivity index (χ1v) is 6.38. The van der Waals surface area contributed by atoms with Gasteiger partial charge in [0.25, 0.3) is 0 Å². The number of carbonyl (C=O) groups excluding carboxylic acids is 1. The monoisotopic (exact) mass is 269 g/mol. The normalized spacial score (nSPS) is 12.7.